The van der Waals surface area contributed by atoms with Gasteiger partial charge in [0, 0.05) is 25.7 Å². The van der Waals surface area contributed by atoms with Gasteiger partial charge in [-0.05, 0) is 19.9 Å². The summed E-state index contributed by atoms with van der Waals surface area (Å²) >= 11 is 0. The van der Waals surface area contributed by atoms with Crippen LogP contribution in [0.15, 0.2) is 0 Å². The molecule has 2 atom stereocenters. The third-order valence-corrected chi connectivity index (χ3v) is 3.50. The summed E-state index contributed by atoms with van der Waals surface area (Å²) in [6.07, 6.45) is 7.80. The average Bonchev–Trinajstić information content (AvgIpc) is 2.20. The van der Waals surface area contributed by atoms with Crippen molar-refractivity contribution in [2.45, 2.75) is 50.6 Å². The summed E-state index contributed by atoms with van der Waals surface area (Å²) in [6.45, 7) is 1.80. The number of nitrogens with two attached hydrogens (primary N) is 1. The molecule has 0 amide bonds. The van der Waals surface area contributed by atoms with Crippen molar-refractivity contribution in [1.29, 1.82) is 0 Å². The molecule has 0 spiro atoms. The molecule has 1 aliphatic carbocycles. The highest BCUT2D eigenvalue weighted by atomic mass is 16.5. The van der Waals surface area contributed by atoms with Gasteiger partial charge in [0.15, 0.2) is 0 Å². The molecule has 0 radical (unpaired) electrons. The van der Waals surface area contributed by atoms with E-state index in [2.05, 4.69) is 11.9 Å². The Hall–Kier alpha value is -0.120. The summed E-state index contributed by atoms with van der Waals surface area (Å²) in [4.78, 5) is 2.37. The predicted molar refractivity (Wildman–Crippen MR) is 64.0 cm³/mol. The first-order chi connectivity index (χ1) is 7.25. The van der Waals surface area contributed by atoms with Crippen molar-refractivity contribution in [2.24, 2.45) is 5.73 Å². The first kappa shape index (κ1) is 12.9. The molecule has 0 aliphatic heterocycles. The van der Waals surface area contributed by atoms with Crippen LogP contribution in [0, 0.1) is 0 Å². The summed E-state index contributed by atoms with van der Waals surface area (Å²) < 4.78 is 5.11. The van der Waals surface area contributed by atoms with E-state index in [0.29, 0.717) is 12.1 Å². The SMILES string of the molecule is COCCN(C)C1CCCCCCC1N. The van der Waals surface area contributed by atoms with Crippen LogP contribution in [0.2, 0.25) is 0 Å². The zero-order valence-electron chi connectivity index (χ0n) is 10.2. The van der Waals surface area contributed by atoms with Crippen LogP contribution in [-0.4, -0.2) is 44.3 Å². The van der Waals surface area contributed by atoms with E-state index in [4.69, 9.17) is 10.5 Å². The summed E-state index contributed by atoms with van der Waals surface area (Å²) in [7, 11) is 3.93. The van der Waals surface area contributed by atoms with Gasteiger partial charge in [0.1, 0.15) is 0 Å². The van der Waals surface area contributed by atoms with Crippen LogP contribution < -0.4 is 5.73 Å². The molecule has 1 saturated carbocycles. The molecule has 2 N–H and O–H groups in total. The van der Waals surface area contributed by atoms with Crippen molar-refractivity contribution < 1.29 is 4.74 Å². The minimum absolute atomic E-state index is 0.354. The Morgan fingerprint density at radius 2 is 1.87 bits per heavy atom. The van der Waals surface area contributed by atoms with Gasteiger partial charge in [0.2, 0.25) is 0 Å². The Morgan fingerprint density at radius 1 is 1.20 bits per heavy atom. The smallest absolute Gasteiger partial charge is 0.0589 e. The average molecular weight is 214 g/mol. The largest absolute Gasteiger partial charge is 0.383 e. The van der Waals surface area contributed by atoms with E-state index in [1.165, 1.54) is 38.5 Å². The predicted octanol–water partition coefficient (Wildman–Crippen LogP) is 1.61. The van der Waals surface area contributed by atoms with Crippen LogP contribution in [0.25, 0.3) is 0 Å². The molecule has 0 bridgehead atoms. The van der Waals surface area contributed by atoms with Gasteiger partial charge >= 0.3 is 0 Å². The maximum absolute atomic E-state index is 6.24. The van der Waals surface area contributed by atoms with Gasteiger partial charge in [0.25, 0.3) is 0 Å². The molecule has 3 nitrogen and oxygen atoms in total. The molecular weight excluding hydrogens is 188 g/mol. The molecule has 15 heavy (non-hydrogen) atoms. The maximum Gasteiger partial charge on any atom is 0.0589 e. The van der Waals surface area contributed by atoms with Crippen LogP contribution in [0.1, 0.15) is 38.5 Å². The lowest BCUT2D eigenvalue weighted by atomic mass is 9.92. The highest BCUT2D eigenvalue weighted by Crippen LogP contribution is 2.19. The Morgan fingerprint density at radius 3 is 2.53 bits per heavy atom. The molecule has 1 fully saturated rings. The zero-order chi connectivity index (χ0) is 11.1. The van der Waals surface area contributed by atoms with Crippen molar-refractivity contribution in [3.05, 3.63) is 0 Å². The van der Waals surface area contributed by atoms with E-state index in [-0.39, 0.29) is 0 Å². The number of nitrogens with zero attached hydrogens (tertiary/aromatic N) is 1. The number of likely N-dealkylation sites (N-methyl/N-ethyl adjacent to an activating group) is 1. The molecule has 1 rings (SSSR count). The van der Waals surface area contributed by atoms with Crippen LogP contribution in [0.5, 0.6) is 0 Å². The second-order valence-electron chi connectivity index (χ2n) is 4.70. The molecule has 1 aliphatic rings. The monoisotopic (exact) mass is 214 g/mol. The number of ether oxygens (including phenoxy) is 1. The first-order valence-electron chi connectivity index (χ1n) is 6.20. The lowest BCUT2D eigenvalue weighted by Crippen LogP contribution is -2.47. The second-order valence-corrected chi connectivity index (χ2v) is 4.70. The Kier molecular flexibility index (Phi) is 6.22. The van der Waals surface area contributed by atoms with Crippen molar-refractivity contribution in [1.82, 2.24) is 4.90 Å². The van der Waals surface area contributed by atoms with E-state index < -0.39 is 0 Å². The molecule has 0 saturated heterocycles. The normalized spacial score (nSPS) is 28.8. The van der Waals surface area contributed by atoms with E-state index in [1.54, 1.807) is 7.11 Å². The van der Waals surface area contributed by atoms with Crippen LogP contribution in [0.4, 0.5) is 0 Å². The molecule has 0 aromatic heterocycles. The van der Waals surface area contributed by atoms with Gasteiger partial charge in [-0.2, -0.15) is 0 Å². The van der Waals surface area contributed by atoms with Crippen LogP contribution in [0.3, 0.4) is 0 Å². The minimum atomic E-state index is 0.354. The molecule has 0 aromatic rings. The van der Waals surface area contributed by atoms with E-state index in [0.717, 1.165) is 13.2 Å². The standard InChI is InChI=1S/C12H26N2O/c1-14(9-10-15-2)12-8-6-4-3-5-7-11(12)13/h11-12H,3-10,13H2,1-2H3. The van der Waals surface area contributed by atoms with Gasteiger partial charge in [0.05, 0.1) is 6.61 Å². The molecule has 90 valence electrons. The number of methoxy groups -OCH3 is 1. The Balaban J connectivity index is 2.39. The number of hydrogen-bond acceptors (Lipinski definition) is 3. The van der Waals surface area contributed by atoms with Crippen molar-refractivity contribution in [3.8, 4) is 0 Å². The lowest BCUT2D eigenvalue weighted by Gasteiger charge is -2.34. The zero-order valence-corrected chi connectivity index (χ0v) is 10.2. The molecule has 3 heteroatoms. The summed E-state index contributed by atoms with van der Waals surface area (Å²) in [6, 6.07) is 0.910. The Labute approximate surface area is 94.0 Å². The Bertz CT molecular complexity index is 164. The fourth-order valence-electron chi connectivity index (χ4n) is 2.44. The van der Waals surface area contributed by atoms with Gasteiger partial charge in [-0.3, -0.25) is 4.90 Å². The summed E-state index contributed by atoms with van der Waals surface area (Å²) in [5.74, 6) is 0. The third-order valence-electron chi connectivity index (χ3n) is 3.50. The molecular formula is C12H26N2O. The highest BCUT2D eigenvalue weighted by Gasteiger charge is 2.22. The fourth-order valence-corrected chi connectivity index (χ4v) is 2.44. The van der Waals surface area contributed by atoms with E-state index in [1.807, 2.05) is 0 Å². The van der Waals surface area contributed by atoms with Gasteiger partial charge in [-0.25, -0.2) is 0 Å². The van der Waals surface area contributed by atoms with Crippen molar-refractivity contribution in [2.75, 3.05) is 27.3 Å². The highest BCUT2D eigenvalue weighted by molar-refractivity contribution is 4.82. The minimum Gasteiger partial charge on any atom is -0.383 e. The van der Waals surface area contributed by atoms with E-state index >= 15 is 0 Å². The summed E-state index contributed by atoms with van der Waals surface area (Å²) in [5, 5.41) is 0. The quantitative estimate of drug-likeness (QED) is 0.773. The van der Waals surface area contributed by atoms with E-state index in [9.17, 15) is 0 Å². The maximum atomic E-state index is 6.24. The van der Waals surface area contributed by atoms with Crippen molar-refractivity contribution >= 4 is 0 Å². The molecule has 2 unspecified atom stereocenters. The number of rotatable bonds is 4. The third kappa shape index (κ3) is 4.49. The van der Waals surface area contributed by atoms with Gasteiger partial charge in [-0.15, -0.1) is 0 Å². The molecule has 0 aromatic carbocycles. The van der Waals surface area contributed by atoms with Crippen molar-refractivity contribution in [3.63, 3.8) is 0 Å². The molecule has 0 heterocycles. The number of hydrogen-bond donors (Lipinski definition) is 1. The van der Waals surface area contributed by atoms with Gasteiger partial charge < -0.3 is 10.5 Å². The fraction of sp³-hybridized carbons (Fsp3) is 1.00. The summed E-state index contributed by atoms with van der Waals surface area (Å²) in [5.41, 5.74) is 6.24. The topological polar surface area (TPSA) is 38.5 Å². The van der Waals surface area contributed by atoms with Gasteiger partial charge in [-0.1, -0.05) is 25.7 Å². The lowest BCUT2D eigenvalue weighted by molar-refractivity contribution is 0.119. The first-order valence-corrected chi connectivity index (χ1v) is 6.20. The second kappa shape index (κ2) is 7.20. The van der Waals surface area contributed by atoms with Crippen LogP contribution in [-0.2, 0) is 4.74 Å². The van der Waals surface area contributed by atoms with Crippen LogP contribution >= 0.6 is 0 Å².